The molecule has 134 valence electrons. The third kappa shape index (κ3) is 3.83. The predicted molar refractivity (Wildman–Crippen MR) is 112 cm³/mol. The van der Waals surface area contributed by atoms with Gasteiger partial charge >= 0.3 is 0 Å². The van der Waals surface area contributed by atoms with Crippen molar-refractivity contribution in [1.82, 2.24) is 4.90 Å². The molecule has 0 aliphatic carbocycles. The van der Waals surface area contributed by atoms with E-state index in [2.05, 4.69) is 85.5 Å². The van der Waals surface area contributed by atoms with Crippen LogP contribution >= 0.6 is 0 Å². The van der Waals surface area contributed by atoms with Crippen LogP contribution in [0.2, 0.25) is 0 Å². The van der Waals surface area contributed by atoms with E-state index < -0.39 is 0 Å². The molecule has 0 saturated carbocycles. The van der Waals surface area contributed by atoms with Crippen LogP contribution < -0.4 is 0 Å². The van der Waals surface area contributed by atoms with Crippen LogP contribution in [0.3, 0.4) is 0 Å². The zero-order chi connectivity index (χ0) is 17.9. The Kier molecular flexibility index (Phi) is 5.08. The van der Waals surface area contributed by atoms with Crippen LogP contribution in [0.1, 0.15) is 42.4 Å². The second kappa shape index (κ2) is 7.63. The molecule has 0 unspecified atom stereocenters. The number of nitrogens with zero attached hydrogens (tertiary/aromatic N) is 1. The van der Waals surface area contributed by atoms with Gasteiger partial charge < -0.3 is 0 Å². The van der Waals surface area contributed by atoms with Gasteiger partial charge in [-0.2, -0.15) is 0 Å². The van der Waals surface area contributed by atoms with Crippen molar-refractivity contribution in [2.75, 3.05) is 13.1 Å². The summed E-state index contributed by atoms with van der Waals surface area (Å²) in [6.07, 6.45) is 2.62. The summed E-state index contributed by atoms with van der Waals surface area (Å²) in [6.45, 7) is 8.16. The molecular weight excluding hydrogens is 314 g/mol. The monoisotopic (exact) mass is 343 g/mol. The number of hydrogen-bond acceptors (Lipinski definition) is 1. The minimum absolute atomic E-state index is 0.616. The maximum Gasteiger partial charge on any atom is 0.0233 e. The van der Waals surface area contributed by atoms with Crippen LogP contribution in [0.4, 0.5) is 0 Å². The fraction of sp³-hybridized carbons (Fsp3) is 0.360. The van der Waals surface area contributed by atoms with Crippen molar-refractivity contribution < 1.29 is 0 Å². The summed E-state index contributed by atoms with van der Waals surface area (Å²) in [6, 6.07) is 24.5. The standard InChI is InChI=1S/C25H29N/c1-19-7-5-8-21(15-19)17-26-14-13-22(18-26)16-20(2)24-12-6-10-23-9-3-4-11-25(23)24/h3-12,15,20,22H,13-14,16-18H2,1-2H3/t20-,22+/m0/s1. The van der Waals surface area contributed by atoms with Crippen LogP contribution in [0.15, 0.2) is 66.7 Å². The van der Waals surface area contributed by atoms with E-state index in [1.165, 1.54) is 53.4 Å². The first-order valence-electron chi connectivity index (χ1n) is 9.94. The molecule has 4 rings (SSSR count). The molecule has 1 aliphatic heterocycles. The minimum atomic E-state index is 0.616. The highest BCUT2D eigenvalue weighted by atomic mass is 15.1. The molecule has 2 atom stereocenters. The molecule has 1 fully saturated rings. The van der Waals surface area contributed by atoms with Gasteiger partial charge in [0.05, 0.1) is 0 Å². The first-order valence-corrected chi connectivity index (χ1v) is 9.94. The summed E-state index contributed by atoms with van der Waals surface area (Å²) >= 11 is 0. The maximum absolute atomic E-state index is 2.63. The van der Waals surface area contributed by atoms with Gasteiger partial charge in [-0.25, -0.2) is 0 Å². The first-order chi connectivity index (χ1) is 12.7. The lowest BCUT2D eigenvalue weighted by Crippen LogP contribution is -2.20. The Labute approximate surface area is 157 Å². The van der Waals surface area contributed by atoms with Crippen LogP contribution in [0.25, 0.3) is 10.8 Å². The average molecular weight is 344 g/mol. The van der Waals surface area contributed by atoms with Gasteiger partial charge in [0.25, 0.3) is 0 Å². The van der Waals surface area contributed by atoms with Gasteiger partial charge in [-0.1, -0.05) is 79.2 Å². The van der Waals surface area contributed by atoms with E-state index in [0.717, 1.165) is 12.5 Å². The number of benzene rings is 3. The quantitative estimate of drug-likeness (QED) is 0.536. The Hall–Kier alpha value is -2.12. The maximum atomic E-state index is 2.63. The van der Waals surface area contributed by atoms with Crippen LogP contribution in [-0.4, -0.2) is 18.0 Å². The third-order valence-corrected chi connectivity index (χ3v) is 5.90. The second-order valence-corrected chi connectivity index (χ2v) is 8.08. The fourth-order valence-corrected chi connectivity index (χ4v) is 4.62. The van der Waals surface area contributed by atoms with Crippen LogP contribution in [-0.2, 0) is 6.54 Å². The molecule has 26 heavy (non-hydrogen) atoms. The summed E-state index contributed by atoms with van der Waals surface area (Å²) in [4.78, 5) is 2.63. The van der Waals surface area contributed by atoms with Crippen molar-refractivity contribution in [2.45, 2.75) is 39.2 Å². The highest BCUT2D eigenvalue weighted by molar-refractivity contribution is 5.86. The van der Waals surface area contributed by atoms with Gasteiger partial charge in [-0.3, -0.25) is 4.90 Å². The van der Waals surface area contributed by atoms with Gasteiger partial charge in [0, 0.05) is 13.1 Å². The molecule has 0 amide bonds. The lowest BCUT2D eigenvalue weighted by molar-refractivity contribution is 0.310. The summed E-state index contributed by atoms with van der Waals surface area (Å²) in [7, 11) is 0. The lowest BCUT2D eigenvalue weighted by atomic mass is 9.87. The Morgan fingerprint density at radius 2 is 1.81 bits per heavy atom. The molecule has 0 aromatic heterocycles. The molecule has 0 radical (unpaired) electrons. The molecule has 1 heteroatoms. The number of aryl methyl sites for hydroxylation is 1. The van der Waals surface area contributed by atoms with E-state index in [1.807, 2.05) is 0 Å². The first kappa shape index (κ1) is 17.3. The number of fused-ring (bicyclic) bond motifs is 1. The van der Waals surface area contributed by atoms with Crippen molar-refractivity contribution in [1.29, 1.82) is 0 Å². The molecule has 0 N–H and O–H groups in total. The molecule has 1 saturated heterocycles. The van der Waals surface area contributed by atoms with E-state index in [4.69, 9.17) is 0 Å². The minimum Gasteiger partial charge on any atom is -0.299 e. The Morgan fingerprint density at radius 3 is 2.69 bits per heavy atom. The largest absolute Gasteiger partial charge is 0.299 e. The van der Waals surface area contributed by atoms with Gasteiger partial charge in [-0.15, -0.1) is 0 Å². The molecule has 3 aromatic carbocycles. The predicted octanol–water partition coefficient (Wildman–Crippen LogP) is 6.16. The molecule has 0 bridgehead atoms. The third-order valence-electron chi connectivity index (χ3n) is 5.90. The van der Waals surface area contributed by atoms with Gasteiger partial charge in [0.15, 0.2) is 0 Å². The smallest absolute Gasteiger partial charge is 0.0233 e. The second-order valence-electron chi connectivity index (χ2n) is 8.08. The van der Waals surface area contributed by atoms with E-state index in [-0.39, 0.29) is 0 Å². The normalized spacial score (nSPS) is 19.1. The Bertz CT molecular complexity index is 877. The van der Waals surface area contributed by atoms with Gasteiger partial charge in [0.1, 0.15) is 0 Å². The number of hydrogen-bond donors (Lipinski definition) is 0. The molecular formula is C25H29N. The highest BCUT2D eigenvalue weighted by Crippen LogP contribution is 2.33. The van der Waals surface area contributed by atoms with Crippen molar-refractivity contribution in [3.63, 3.8) is 0 Å². The van der Waals surface area contributed by atoms with Crippen LogP contribution in [0.5, 0.6) is 0 Å². The van der Waals surface area contributed by atoms with E-state index in [9.17, 15) is 0 Å². The van der Waals surface area contributed by atoms with Crippen molar-refractivity contribution in [3.8, 4) is 0 Å². The van der Waals surface area contributed by atoms with Crippen molar-refractivity contribution in [2.24, 2.45) is 5.92 Å². The van der Waals surface area contributed by atoms with Crippen LogP contribution in [0, 0.1) is 12.8 Å². The zero-order valence-electron chi connectivity index (χ0n) is 16.0. The van der Waals surface area contributed by atoms with E-state index in [0.29, 0.717) is 5.92 Å². The fourth-order valence-electron chi connectivity index (χ4n) is 4.62. The van der Waals surface area contributed by atoms with Gasteiger partial charge in [-0.05, 0) is 60.0 Å². The average Bonchev–Trinajstić information content (AvgIpc) is 3.08. The van der Waals surface area contributed by atoms with Crippen molar-refractivity contribution >= 4 is 10.8 Å². The lowest BCUT2D eigenvalue weighted by Gasteiger charge is -2.20. The molecule has 1 nitrogen and oxygen atoms in total. The highest BCUT2D eigenvalue weighted by Gasteiger charge is 2.25. The number of rotatable bonds is 5. The molecule has 3 aromatic rings. The van der Waals surface area contributed by atoms with E-state index in [1.54, 1.807) is 0 Å². The number of likely N-dealkylation sites (tertiary alicyclic amines) is 1. The van der Waals surface area contributed by atoms with Gasteiger partial charge in [0.2, 0.25) is 0 Å². The molecule has 1 aliphatic rings. The molecule has 1 heterocycles. The van der Waals surface area contributed by atoms with E-state index >= 15 is 0 Å². The SMILES string of the molecule is Cc1cccc(CN2CC[C@H](C[C@H](C)c3cccc4ccccc34)C2)c1. The summed E-state index contributed by atoms with van der Waals surface area (Å²) < 4.78 is 0. The topological polar surface area (TPSA) is 3.24 Å². The van der Waals surface area contributed by atoms with Crippen molar-refractivity contribution in [3.05, 3.63) is 83.4 Å². The summed E-state index contributed by atoms with van der Waals surface area (Å²) in [5.41, 5.74) is 4.33. The summed E-state index contributed by atoms with van der Waals surface area (Å²) in [5, 5.41) is 2.79. The Morgan fingerprint density at radius 1 is 1.00 bits per heavy atom. The Balaban J connectivity index is 1.40. The molecule has 0 spiro atoms. The summed E-state index contributed by atoms with van der Waals surface area (Å²) in [5.74, 6) is 1.43. The zero-order valence-corrected chi connectivity index (χ0v) is 16.0.